The first-order valence-electron chi connectivity index (χ1n) is 5.06. The van der Waals surface area contributed by atoms with Gasteiger partial charge in [0, 0.05) is 12.1 Å². The Kier molecular flexibility index (Phi) is 4.64. The molecule has 0 aliphatic carbocycles. The molecule has 86 valence electrons. The zero-order valence-electron chi connectivity index (χ0n) is 9.13. The summed E-state index contributed by atoms with van der Waals surface area (Å²) in [7, 11) is 0. The minimum absolute atomic E-state index is 0.0895. The van der Waals surface area contributed by atoms with Crippen molar-refractivity contribution < 1.29 is 14.0 Å². The van der Waals surface area contributed by atoms with Gasteiger partial charge in [-0.1, -0.05) is 18.2 Å². The second kappa shape index (κ2) is 6.00. The van der Waals surface area contributed by atoms with Crippen LogP contribution in [0, 0.1) is 0 Å². The maximum atomic E-state index is 12.1. The number of amides is 1. The molecule has 0 saturated carbocycles. The molecular weight excluding hydrogens is 209 g/mol. The van der Waals surface area contributed by atoms with Gasteiger partial charge in [-0.3, -0.25) is 4.79 Å². The molecule has 0 atom stereocenters. The number of hydrogen-bond acceptors (Lipinski definition) is 2. The van der Waals surface area contributed by atoms with Gasteiger partial charge in [0.2, 0.25) is 0 Å². The van der Waals surface area contributed by atoms with Crippen molar-refractivity contribution in [3.05, 3.63) is 29.8 Å². The Morgan fingerprint density at radius 1 is 1.31 bits per heavy atom. The number of rotatable bonds is 5. The lowest BCUT2D eigenvalue weighted by molar-refractivity contribution is -0.117. The number of benzene rings is 1. The molecule has 1 N–H and O–H groups in total. The second-order valence-corrected chi connectivity index (χ2v) is 3.54. The zero-order chi connectivity index (χ0) is 12.0. The van der Waals surface area contributed by atoms with Gasteiger partial charge in [0.15, 0.2) is 6.67 Å². The van der Waals surface area contributed by atoms with E-state index < -0.39 is 12.6 Å². The second-order valence-electron chi connectivity index (χ2n) is 3.54. The summed E-state index contributed by atoms with van der Waals surface area (Å²) >= 11 is 0. The number of hydrogen-bond donors (Lipinski definition) is 1. The molecule has 0 fully saturated rings. The Labute approximate surface area is 93.7 Å². The zero-order valence-corrected chi connectivity index (χ0v) is 9.13. The quantitative estimate of drug-likeness (QED) is 0.831. The third-order valence-corrected chi connectivity index (χ3v) is 2.16. The van der Waals surface area contributed by atoms with Crippen LogP contribution in [0.2, 0.25) is 0 Å². The Bertz CT molecular complexity index is 390. The third kappa shape index (κ3) is 3.81. The third-order valence-electron chi connectivity index (χ3n) is 2.16. The van der Waals surface area contributed by atoms with Crippen LogP contribution in [0.5, 0.6) is 0 Å². The van der Waals surface area contributed by atoms with E-state index >= 15 is 0 Å². The number of aryl methyl sites for hydroxylation is 1. The smallest absolute Gasteiger partial charge is 0.255 e. The van der Waals surface area contributed by atoms with E-state index in [0.29, 0.717) is 18.5 Å². The van der Waals surface area contributed by atoms with Gasteiger partial charge in [-0.2, -0.15) is 0 Å². The van der Waals surface area contributed by atoms with Crippen LogP contribution >= 0.6 is 0 Å². The van der Waals surface area contributed by atoms with E-state index in [-0.39, 0.29) is 5.78 Å². The first-order valence-corrected chi connectivity index (χ1v) is 5.06. The van der Waals surface area contributed by atoms with Crippen LogP contribution in [-0.4, -0.2) is 18.4 Å². The Balaban J connectivity index is 2.74. The molecule has 0 saturated heterocycles. The fourth-order valence-corrected chi connectivity index (χ4v) is 1.35. The molecule has 1 aromatic rings. The van der Waals surface area contributed by atoms with Crippen molar-refractivity contribution in [2.24, 2.45) is 0 Å². The van der Waals surface area contributed by atoms with Crippen molar-refractivity contribution in [1.82, 2.24) is 0 Å². The van der Waals surface area contributed by atoms with E-state index in [0.717, 1.165) is 5.56 Å². The molecule has 1 rings (SSSR count). The number of alkyl halides is 1. The molecule has 0 unspecified atom stereocenters. The molecule has 16 heavy (non-hydrogen) atoms. The summed E-state index contributed by atoms with van der Waals surface area (Å²) in [6.07, 6.45) is 0.973. The minimum atomic E-state index is -1.04. The van der Waals surface area contributed by atoms with Gasteiger partial charge in [-0.05, 0) is 25.0 Å². The number of para-hydroxylation sites is 1. The average molecular weight is 223 g/mol. The summed E-state index contributed by atoms with van der Waals surface area (Å²) in [6, 6.07) is 7.09. The van der Waals surface area contributed by atoms with Crippen LogP contribution in [0.1, 0.15) is 18.9 Å². The number of ketones is 1. The number of Topliss-reactive ketones (excluding diaryl/α,β-unsaturated/α-hetero) is 1. The van der Waals surface area contributed by atoms with Gasteiger partial charge < -0.3 is 10.1 Å². The SMILES string of the molecule is CC(=O)CCc1ccccc1NC(=O)CF. The summed E-state index contributed by atoms with van der Waals surface area (Å²) in [5, 5.41) is 2.46. The lowest BCUT2D eigenvalue weighted by atomic mass is 10.1. The molecule has 0 aromatic heterocycles. The van der Waals surface area contributed by atoms with Crippen LogP contribution in [-0.2, 0) is 16.0 Å². The van der Waals surface area contributed by atoms with E-state index in [2.05, 4.69) is 5.32 Å². The highest BCUT2D eigenvalue weighted by atomic mass is 19.1. The molecule has 1 amide bonds. The monoisotopic (exact) mass is 223 g/mol. The van der Waals surface area contributed by atoms with Crippen molar-refractivity contribution in [1.29, 1.82) is 0 Å². The summed E-state index contributed by atoms with van der Waals surface area (Å²) in [5.41, 5.74) is 1.42. The summed E-state index contributed by atoms with van der Waals surface area (Å²) in [5.74, 6) is -0.582. The van der Waals surface area contributed by atoms with Crippen molar-refractivity contribution in [3.63, 3.8) is 0 Å². The predicted octanol–water partition coefficient (Wildman–Crippen LogP) is 2.12. The van der Waals surface area contributed by atoms with Gasteiger partial charge >= 0.3 is 0 Å². The van der Waals surface area contributed by atoms with Crippen molar-refractivity contribution >= 4 is 17.4 Å². The first kappa shape index (κ1) is 12.4. The highest BCUT2D eigenvalue weighted by Crippen LogP contribution is 2.16. The fourth-order valence-electron chi connectivity index (χ4n) is 1.35. The van der Waals surface area contributed by atoms with Crippen molar-refractivity contribution in [2.45, 2.75) is 19.8 Å². The minimum Gasteiger partial charge on any atom is -0.324 e. The molecular formula is C12H14FNO2. The maximum absolute atomic E-state index is 12.1. The van der Waals surface area contributed by atoms with Crippen LogP contribution in [0.15, 0.2) is 24.3 Å². The van der Waals surface area contributed by atoms with Crippen LogP contribution in [0.25, 0.3) is 0 Å². The highest BCUT2D eigenvalue weighted by molar-refractivity contribution is 5.92. The molecule has 0 spiro atoms. The lowest BCUT2D eigenvalue weighted by Crippen LogP contribution is -2.14. The largest absolute Gasteiger partial charge is 0.324 e. The molecule has 0 bridgehead atoms. The maximum Gasteiger partial charge on any atom is 0.255 e. The van der Waals surface area contributed by atoms with Gasteiger partial charge in [0.05, 0.1) is 0 Å². The van der Waals surface area contributed by atoms with Crippen molar-refractivity contribution in [3.8, 4) is 0 Å². The number of carbonyl (C=O) groups excluding carboxylic acids is 2. The summed E-state index contributed by atoms with van der Waals surface area (Å²) in [4.78, 5) is 21.8. The molecule has 1 aromatic carbocycles. The number of carbonyl (C=O) groups is 2. The predicted molar refractivity (Wildman–Crippen MR) is 60.0 cm³/mol. The fraction of sp³-hybridized carbons (Fsp3) is 0.333. The Morgan fingerprint density at radius 3 is 2.62 bits per heavy atom. The van der Waals surface area contributed by atoms with Crippen LogP contribution in [0.4, 0.5) is 10.1 Å². The van der Waals surface area contributed by atoms with Gasteiger partial charge in [0.25, 0.3) is 5.91 Å². The van der Waals surface area contributed by atoms with E-state index in [1.165, 1.54) is 6.92 Å². The summed E-state index contributed by atoms with van der Waals surface area (Å²) < 4.78 is 12.1. The standard InChI is InChI=1S/C12H14FNO2/c1-9(15)6-7-10-4-2-3-5-11(10)14-12(16)8-13/h2-5H,6-8H2,1H3,(H,14,16). The molecule has 3 nitrogen and oxygen atoms in total. The number of anilines is 1. The Hall–Kier alpha value is -1.71. The topological polar surface area (TPSA) is 46.2 Å². The van der Waals surface area contributed by atoms with E-state index in [9.17, 15) is 14.0 Å². The molecule has 0 aliphatic heterocycles. The van der Waals surface area contributed by atoms with E-state index in [4.69, 9.17) is 0 Å². The lowest BCUT2D eigenvalue weighted by Gasteiger charge is -2.08. The molecule has 0 aliphatic rings. The number of halogens is 1. The first-order chi connectivity index (χ1) is 7.63. The van der Waals surface area contributed by atoms with Crippen molar-refractivity contribution in [2.75, 3.05) is 12.0 Å². The Morgan fingerprint density at radius 2 is 2.00 bits per heavy atom. The van der Waals surface area contributed by atoms with Gasteiger partial charge in [-0.15, -0.1) is 0 Å². The van der Waals surface area contributed by atoms with Gasteiger partial charge in [-0.25, -0.2) is 4.39 Å². The van der Waals surface area contributed by atoms with E-state index in [1.807, 2.05) is 12.1 Å². The number of nitrogens with one attached hydrogen (secondary N) is 1. The van der Waals surface area contributed by atoms with E-state index in [1.54, 1.807) is 12.1 Å². The average Bonchev–Trinajstić information content (AvgIpc) is 2.27. The normalized spacial score (nSPS) is 9.88. The highest BCUT2D eigenvalue weighted by Gasteiger charge is 2.06. The summed E-state index contributed by atoms with van der Waals surface area (Å²) in [6.45, 7) is 0.476. The van der Waals surface area contributed by atoms with Gasteiger partial charge in [0.1, 0.15) is 5.78 Å². The molecule has 0 radical (unpaired) electrons. The molecule has 0 heterocycles. The molecule has 4 heteroatoms. The van der Waals surface area contributed by atoms with Crippen LogP contribution < -0.4 is 5.32 Å². The van der Waals surface area contributed by atoms with Crippen LogP contribution in [0.3, 0.4) is 0 Å².